The molecule has 7 heteroatoms. The number of aromatic hydroxyl groups is 1. The molecule has 0 radical (unpaired) electrons. The predicted molar refractivity (Wildman–Crippen MR) is 103 cm³/mol. The number of fused-ring (bicyclic) bond motifs is 1. The van der Waals surface area contributed by atoms with Gasteiger partial charge in [0, 0.05) is 15.4 Å². The van der Waals surface area contributed by atoms with Gasteiger partial charge in [-0.1, -0.05) is 23.7 Å². The van der Waals surface area contributed by atoms with E-state index in [4.69, 9.17) is 16.9 Å². The van der Waals surface area contributed by atoms with E-state index in [0.717, 1.165) is 10.4 Å². The molecule has 5 nitrogen and oxygen atoms in total. The van der Waals surface area contributed by atoms with E-state index in [2.05, 4.69) is 24.0 Å². The maximum Gasteiger partial charge on any atom is 0.270 e. The topological polar surface area (TPSA) is 81.8 Å². The smallest absolute Gasteiger partial charge is 0.270 e. The number of benzene rings is 1. The van der Waals surface area contributed by atoms with Crippen molar-refractivity contribution in [2.24, 2.45) is 0 Å². The number of nitrogens with zero attached hydrogens (tertiary/aromatic N) is 2. The minimum Gasteiger partial charge on any atom is -0.504 e. The maximum atomic E-state index is 11.9. The number of aromatic nitrogens is 2. The van der Waals surface area contributed by atoms with Crippen LogP contribution in [0.15, 0.2) is 47.3 Å². The standard InChI is InChI=1S/C19H12ClN3O2S/c1-10-2-7-15(26-10)11-3-5-12(6-4-11)23-16(20)8-14-17(23)18(24)13(9-21)19(25)22-14/h2-8H,1H3,(H2,22,24,25). The average molecular weight is 382 g/mol. The van der Waals surface area contributed by atoms with E-state index in [9.17, 15) is 9.90 Å². The Bertz CT molecular complexity index is 1240. The zero-order valence-electron chi connectivity index (χ0n) is 13.6. The maximum absolute atomic E-state index is 11.9. The van der Waals surface area contributed by atoms with Gasteiger partial charge >= 0.3 is 0 Å². The Labute approximate surface area is 157 Å². The van der Waals surface area contributed by atoms with Crippen molar-refractivity contribution in [1.29, 1.82) is 5.26 Å². The van der Waals surface area contributed by atoms with Crippen molar-refractivity contribution in [3.8, 4) is 27.9 Å². The highest BCUT2D eigenvalue weighted by Gasteiger charge is 2.18. The van der Waals surface area contributed by atoms with Crippen molar-refractivity contribution < 1.29 is 5.11 Å². The van der Waals surface area contributed by atoms with Crippen LogP contribution in [0.3, 0.4) is 0 Å². The molecular weight excluding hydrogens is 370 g/mol. The van der Waals surface area contributed by atoms with Gasteiger partial charge in [-0.2, -0.15) is 5.26 Å². The molecule has 3 aromatic heterocycles. The van der Waals surface area contributed by atoms with Gasteiger partial charge in [-0.05, 0) is 42.8 Å². The summed E-state index contributed by atoms with van der Waals surface area (Å²) in [4.78, 5) is 16.8. The fourth-order valence-electron chi connectivity index (χ4n) is 2.94. The predicted octanol–water partition coefficient (Wildman–Crippen LogP) is 4.59. The molecule has 26 heavy (non-hydrogen) atoms. The van der Waals surface area contributed by atoms with E-state index >= 15 is 0 Å². The van der Waals surface area contributed by atoms with Crippen LogP contribution in [-0.2, 0) is 0 Å². The highest BCUT2D eigenvalue weighted by molar-refractivity contribution is 7.15. The molecule has 0 aliphatic rings. The van der Waals surface area contributed by atoms with E-state index in [1.807, 2.05) is 24.3 Å². The summed E-state index contributed by atoms with van der Waals surface area (Å²) in [6.45, 7) is 2.06. The highest BCUT2D eigenvalue weighted by Crippen LogP contribution is 2.34. The molecule has 1 aromatic carbocycles. The second-order valence-electron chi connectivity index (χ2n) is 5.81. The minimum atomic E-state index is -0.644. The highest BCUT2D eigenvalue weighted by atomic mass is 35.5. The van der Waals surface area contributed by atoms with Gasteiger partial charge in [-0.15, -0.1) is 11.3 Å². The molecule has 0 fully saturated rings. The summed E-state index contributed by atoms with van der Waals surface area (Å²) in [7, 11) is 0. The lowest BCUT2D eigenvalue weighted by Crippen LogP contribution is -2.10. The zero-order chi connectivity index (χ0) is 18.4. The van der Waals surface area contributed by atoms with Gasteiger partial charge in [-0.25, -0.2) is 0 Å². The molecule has 0 aliphatic heterocycles. The van der Waals surface area contributed by atoms with E-state index in [0.29, 0.717) is 21.9 Å². The van der Waals surface area contributed by atoms with Gasteiger partial charge in [0.15, 0.2) is 11.3 Å². The number of hydrogen-bond donors (Lipinski definition) is 2. The third-order valence-corrected chi connectivity index (χ3v) is 5.48. The second kappa shape index (κ2) is 6.06. The normalized spacial score (nSPS) is 11.0. The van der Waals surface area contributed by atoms with E-state index in [-0.39, 0.29) is 11.3 Å². The first-order valence-corrected chi connectivity index (χ1v) is 8.92. The third kappa shape index (κ3) is 2.49. The Morgan fingerprint density at radius 3 is 2.58 bits per heavy atom. The SMILES string of the molecule is Cc1ccc(-c2ccc(-n3c(Cl)cc4[nH]c(=O)c(C#N)c(O)c43)cc2)s1. The molecule has 0 saturated heterocycles. The van der Waals surface area contributed by atoms with E-state index in [1.54, 1.807) is 28.0 Å². The van der Waals surface area contributed by atoms with Crippen molar-refractivity contribution in [2.45, 2.75) is 6.92 Å². The van der Waals surface area contributed by atoms with Crippen LogP contribution in [0.5, 0.6) is 5.75 Å². The molecule has 0 atom stereocenters. The number of thiophene rings is 1. The number of nitriles is 1. The van der Waals surface area contributed by atoms with Crippen LogP contribution in [-0.4, -0.2) is 14.7 Å². The lowest BCUT2D eigenvalue weighted by Gasteiger charge is -2.09. The number of H-pyrrole nitrogens is 1. The first kappa shape index (κ1) is 16.5. The minimum absolute atomic E-state index is 0.297. The number of rotatable bonds is 2. The van der Waals surface area contributed by atoms with Crippen molar-refractivity contribution >= 4 is 34.0 Å². The van der Waals surface area contributed by atoms with Crippen LogP contribution in [0.2, 0.25) is 5.15 Å². The molecule has 4 aromatic rings. The lowest BCUT2D eigenvalue weighted by molar-refractivity contribution is 0.476. The van der Waals surface area contributed by atoms with Gasteiger partial charge in [0.25, 0.3) is 5.56 Å². The number of nitrogens with one attached hydrogen (secondary N) is 1. The van der Waals surface area contributed by atoms with Crippen molar-refractivity contribution in [3.05, 3.63) is 68.4 Å². The number of pyridine rings is 1. The summed E-state index contributed by atoms with van der Waals surface area (Å²) in [5, 5.41) is 19.8. The Kier molecular flexibility index (Phi) is 3.83. The number of aryl methyl sites for hydroxylation is 1. The number of halogens is 1. The quantitative estimate of drug-likeness (QED) is 0.533. The lowest BCUT2D eigenvalue weighted by atomic mass is 10.1. The molecule has 0 aliphatic carbocycles. The summed E-state index contributed by atoms with van der Waals surface area (Å²) >= 11 is 8.04. The monoisotopic (exact) mass is 381 g/mol. The molecule has 0 spiro atoms. The third-order valence-electron chi connectivity index (χ3n) is 4.15. The number of aromatic amines is 1. The molecule has 2 N–H and O–H groups in total. The number of hydrogen-bond acceptors (Lipinski definition) is 4. The summed E-state index contributed by atoms with van der Waals surface area (Å²) in [6, 6.07) is 15.1. The second-order valence-corrected chi connectivity index (χ2v) is 7.49. The molecule has 4 rings (SSSR count). The molecule has 0 saturated carbocycles. The molecule has 128 valence electrons. The van der Waals surface area contributed by atoms with Gasteiger partial charge in [0.2, 0.25) is 0 Å². The Balaban J connectivity index is 1.90. The summed E-state index contributed by atoms with van der Waals surface area (Å²) in [5.41, 5.74) is 1.48. The van der Waals surface area contributed by atoms with E-state index < -0.39 is 5.56 Å². The summed E-state index contributed by atoms with van der Waals surface area (Å²) in [6.07, 6.45) is 0. The van der Waals surface area contributed by atoms with Crippen molar-refractivity contribution in [2.75, 3.05) is 0 Å². The fraction of sp³-hybridized carbons (Fsp3) is 0.0526. The van der Waals surface area contributed by atoms with Gasteiger partial charge in [-0.3, -0.25) is 9.36 Å². The van der Waals surface area contributed by atoms with Crippen molar-refractivity contribution in [1.82, 2.24) is 9.55 Å². The first-order valence-electron chi connectivity index (χ1n) is 7.73. The van der Waals surface area contributed by atoms with Gasteiger partial charge in [0.1, 0.15) is 16.7 Å². The van der Waals surface area contributed by atoms with Crippen LogP contribution in [0.25, 0.3) is 27.2 Å². The molecule has 3 heterocycles. The van der Waals surface area contributed by atoms with Crippen LogP contribution in [0.4, 0.5) is 0 Å². The molecule has 0 unspecified atom stereocenters. The van der Waals surface area contributed by atoms with Crippen LogP contribution >= 0.6 is 22.9 Å². The fourth-order valence-corrected chi connectivity index (χ4v) is 4.10. The molecule has 0 bridgehead atoms. The van der Waals surface area contributed by atoms with Crippen LogP contribution < -0.4 is 5.56 Å². The largest absolute Gasteiger partial charge is 0.504 e. The van der Waals surface area contributed by atoms with Crippen LogP contribution in [0.1, 0.15) is 10.4 Å². The first-order chi connectivity index (χ1) is 12.5. The van der Waals surface area contributed by atoms with Gasteiger partial charge in [0.05, 0.1) is 5.52 Å². The molecular formula is C19H12ClN3O2S. The molecule has 0 amide bonds. The Morgan fingerprint density at radius 2 is 1.96 bits per heavy atom. The summed E-state index contributed by atoms with van der Waals surface area (Å²) in [5.74, 6) is -0.379. The van der Waals surface area contributed by atoms with Gasteiger partial charge < -0.3 is 10.1 Å². The van der Waals surface area contributed by atoms with E-state index in [1.165, 1.54) is 4.88 Å². The summed E-state index contributed by atoms with van der Waals surface area (Å²) < 4.78 is 1.60. The van der Waals surface area contributed by atoms with Crippen molar-refractivity contribution in [3.63, 3.8) is 0 Å². The Morgan fingerprint density at radius 1 is 1.23 bits per heavy atom. The van der Waals surface area contributed by atoms with Crippen LogP contribution in [0, 0.1) is 18.3 Å². The zero-order valence-corrected chi connectivity index (χ0v) is 15.1. The average Bonchev–Trinajstić information content (AvgIpc) is 3.18. The Hall–Kier alpha value is -3.01.